The van der Waals surface area contributed by atoms with Crippen molar-refractivity contribution >= 4 is 35.0 Å². The summed E-state index contributed by atoms with van der Waals surface area (Å²) >= 11 is 5.02. The molecule has 0 saturated heterocycles. The highest BCUT2D eigenvalue weighted by atomic mass is 32.1. The Bertz CT molecular complexity index is 562. The molecule has 1 rings (SSSR count). The van der Waals surface area contributed by atoms with E-state index < -0.39 is 10.9 Å². The van der Waals surface area contributed by atoms with Gasteiger partial charge in [0, 0.05) is 12.1 Å². The van der Waals surface area contributed by atoms with Crippen molar-refractivity contribution in [2.24, 2.45) is 0 Å². The second-order valence-corrected chi connectivity index (χ2v) is 4.22. The molecule has 7 heteroatoms. The maximum Gasteiger partial charge on any atom is 0.342 e. The van der Waals surface area contributed by atoms with Crippen LogP contribution in [0.15, 0.2) is 29.8 Å². The quantitative estimate of drug-likeness (QED) is 0.264. The zero-order valence-corrected chi connectivity index (χ0v) is 12.5. The van der Waals surface area contributed by atoms with Gasteiger partial charge in [-0.1, -0.05) is 12.1 Å². The smallest absolute Gasteiger partial charge is 0.342 e. The summed E-state index contributed by atoms with van der Waals surface area (Å²) in [5, 5.41) is 10.8. The average molecular weight is 309 g/mol. The van der Waals surface area contributed by atoms with Gasteiger partial charge < -0.3 is 9.47 Å². The van der Waals surface area contributed by atoms with Crippen molar-refractivity contribution in [1.82, 2.24) is 0 Å². The number of esters is 1. The molecule has 0 amide bonds. The zero-order chi connectivity index (χ0) is 15.8. The lowest BCUT2D eigenvalue weighted by Crippen LogP contribution is -2.16. The van der Waals surface area contributed by atoms with Crippen molar-refractivity contribution in [2.45, 2.75) is 13.8 Å². The molecule has 0 heterocycles. The fourth-order valence-corrected chi connectivity index (χ4v) is 1.77. The summed E-state index contributed by atoms with van der Waals surface area (Å²) in [6.07, 6.45) is 1.42. The monoisotopic (exact) mass is 309 g/mol. The van der Waals surface area contributed by atoms with E-state index in [1.165, 1.54) is 24.3 Å². The van der Waals surface area contributed by atoms with Gasteiger partial charge in [0.25, 0.3) is 5.69 Å². The van der Waals surface area contributed by atoms with E-state index in [1.807, 2.05) is 0 Å². The number of rotatable bonds is 6. The molecule has 21 heavy (non-hydrogen) atoms. The standard InChI is InChI=1S/C14H15NO5S/c1-3-19-13(16)12(14(21)20-4-2)9-10-6-5-7-11(8-10)15(17)18/h5-9H,3-4H2,1-2H3. The van der Waals surface area contributed by atoms with E-state index in [1.54, 1.807) is 19.9 Å². The fraction of sp³-hybridized carbons (Fsp3) is 0.286. The molecule has 6 nitrogen and oxygen atoms in total. The number of carbonyl (C=O) groups is 1. The Hall–Kier alpha value is -2.28. The molecule has 0 spiro atoms. The number of benzene rings is 1. The Morgan fingerprint density at radius 3 is 2.57 bits per heavy atom. The average Bonchev–Trinajstić information content (AvgIpc) is 2.45. The number of nitro benzene ring substituents is 1. The van der Waals surface area contributed by atoms with Crippen LogP contribution in [-0.2, 0) is 14.3 Å². The van der Waals surface area contributed by atoms with Gasteiger partial charge in [-0.25, -0.2) is 4.79 Å². The number of nitrogens with zero attached hydrogens (tertiary/aromatic N) is 1. The highest BCUT2D eigenvalue weighted by Crippen LogP contribution is 2.17. The number of thiocarbonyl (C=S) groups is 1. The molecular formula is C14H15NO5S. The number of nitro groups is 1. The molecule has 0 N–H and O–H groups in total. The molecule has 112 valence electrons. The van der Waals surface area contributed by atoms with E-state index in [4.69, 9.17) is 21.7 Å². The van der Waals surface area contributed by atoms with Gasteiger partial charge in [0.05, 0.1) is 18.1 Å². The van der Waals surface area contributed by atoms with Crippen LogP contribution in [0.3, 0.4) is 0 Å². The SMILES string of the molecule is CCOC(=O)C(=Cc1cccc([N+](=O)[O-])c1)C(=S)OCC. The van der Waals surface area contributed by atoms with Crippen LogP contribution in [0.25, 0.3) is 6.08 Å². The van der Waals surface area contributed by atoms with Crippen LogP contribution >= 0.6 is 12.2 Å². The largest absolute Gasteiger partial charge is 0.483 e. The second kappa shape index (κ2) is 8.11. The first-order chi connectivity index (χ1) is 9.99. The minimum Gasteiger partial charge on any atom is -0.483 e. The van der Waals surface area contributed by atoms with Crippen molar-refractivity contribution in [3.05, 3.63) is 45.5 Å². The van der Waals surface area contributed by atoms with Gasteiger partial charge in [-0.2, -0.15) is 0 Å². The van der Waals surface area contributed by atoms with Crippen LogP contribution in [0.2, 0.25) is 0 Å². The Kier molecular flexibility index (Phi) is 6.48. The second-order valence-electron chi connectivity index (χ2n) is 3.85. The first-order valence-corrected chi connectivity index (χ1v) is 6.70. The normalized spacial score (nSPS) is 10.9. The minimum absolute atomic E-state index is 0.00227. The van der Waals surface area contributed by atoms with Crippen LogP contribution in [0.4, 0.5) is 5.69 Å². The van der Waals surface area contributed by atoms with Crippen LogP contribution in [0, 0.1) is 10.1 Å². The van der Waals surface area contributed by atoms with Gasteiger partial charge in [-0.15, -0.1) is 0 Å². The number of hydrogen-bond donors (Lipinski definition) is 0. The summed E-state index contributed by atoms with van der Waals surface area (Å²) in [6.45, 7) is 3.92. The molecule has 0 aliphatic carbocycles. The minimum atomic E-state index is -0.623. The van der Waals surface area contributed by atoms with E-state index >= 15 is 0 Å². The van der Waals surface area contributed by atoms with E-state index in [2.05, 4.69) is 0 Å². The fourth-order valence-electron chi connectivity index (χ4n) is 1.51. The lowest BCUT2D eigenvalue weighted by molar-refractivity contribution is -0.384. The summed E-state index contributed by atoms with van der Waals surface area (Å²) in [4.78, 5) is 22.1. The zero-order valence-electron chi connectivity index (χ0n) is 11.7. The first kappa shape index (κ1) is 16.8. The lowest BCUT2D eigenvalue weighted by Gasteiger charge is -2.09. The molecule has 0 aromatic heterocycles. The van der Waals surface area contributed by atoms with Crippen LogP contribution in [0.5, 0.6) is 0 Å². The number of non-ortho nitro benzene ring substituents is 1. The molecule has 0 bridgehead atoms. The van der Waals surface area contributed by atoms with Crippen molar-refractivity contribution in [1.29, 1.82) is 0 Å². The Balaban J connectivity index is 3.17. The van der Waals surface area contributed by atoms with Crippen LogP contribution in [-0.4, -0.2) is 29.2 Å². The molecule has 0 fully saturated rings. The van der Waals surface area contributed by atoms with Crippen LogP contribution in [0.1, 0.15) is 19.4 Å². The van der Waals surface area contributed by atoms with Gasteiger partial charge in [-0.3, -0.25) is 10.1 Å². The van der Waals surface area contributed by atoms with Gasteiger partial charge in [0.1, 0.15) is 5.57 Å². The van der Waals surface area contributed by atoms with Gasteiger partial charge in [0.15, 0.2) is 5.05 Å². The topological polar surface area (TPSA) is 78.7 Å². The first-order valence-electron chi connectivity index (χ1n) is 6.30. The van der Waals surface area contributed by atoms with E-state index in [-0.39, 0.29) is 22.9 Å². The maximum atomic E-state index is 11.9. The maximum absolute atomic E-state index is 11.9. The highest BCUT2D eigenvalue weighted by Gasteiger charge is 2.18. The van der Waals surface area contributed by atoms with Crippen molar-refractivity contribution < 1.29 is 19.2 Å². The highest BCUT2D eigenvalue weighted by molar-refractivity contribution is 7.80. The molecule has 1 aromatic rings. The lowest BCUT2D eigenvalue weighted by atomic mass is 10.1. The van der Waals surface area contributed by atoms with E-state index in [9.17, 15) is 14.9 Å². The number of ether oxygens (including phenoxy) is 2. The van der Waals surface area contributed by atoms with Crippen molar-refractivity contribution in [3.63, 3.8) is 0 Å². The summed E-state index contributed by atoms with van der Waals surface area (Å²) in [5.74, 6) is -0.623. The third-order valence-corrected chi connectivity index (χ3v) is 2.72. The Morgan fingerprint density at radius 1 is 1.33 bits per heavy atom. The summed E-state index contributed by atoms with van der Waals surface area (Å²) in [6, 6.07) is 5.85. The summed E-state index contributed by atoms with van der Waals surface area (Å²) in [7, 11) is 0. The molecule has 1 aromatic carbocycles. The van der Waals surface area contributed by atoms with E-state index in [0.29, 0.717) is 12.2 Å². The molecule has 0 atom stereocenters. The molecule has 0 saturated carbocycles. The summed E-state index contributed by atoms with van der Waals surface area (Å²) in [5.41, 5.74) is 0.456. The van der Waals surface area contributed by atoms with Gasteiger partial charge >= 0.3 is 5.97 Å². The Morgan fingerprint density at radius 2 is 2.00 bits per heavy atom. The third kappa shape index (κ3) is 4.96. The third-order valence-electron chi connectivity index (χ3n) is 2.38. The van der Waals surface area contributed by atoms with Crippen molar-refractivity contribution in [3.8, 4) is 0 Å². The molecule has 0 aliphatic rings. The predicted octanol–water partition coefficient (Wildman–Crippen LogP) is 2.91. The van der Waals surface area contributed by atoms with E-state index in [0.717, 1.165) is 0 Å². The Labute approximate surface area is 127 Å². The summed E-state index contributed by atoms with van der Waals surface area (Å²) < 4.78 is 10.1. The van der Waals surface area contributed by atoms with Crippen molar-refractivity contribution in [2.75, 3.05) is 13.2 Å². The number of carbonyl (C=O) groups excluding carboxylic acids is 1. The molecule has 0 radical (unpaired) electrons. The molecular weight excluding hydrogens is 294 g/mol. The molecule has 0 unspecified atom stereocenters. The number of hydrogen-bond acceptors (Lipinski definition) is 6. The molecule has 0 aliphatic heterocycles. The van der Waals surface area contributed by atoms with Gasteiger partial charge in [-0.05, 0) is 37.7 Å². The van der Waals surface area contributed by atoms with Crippen LogP contribution < -0.4 is 0 Å². The van der Waals surface area contributed by atoms with Gasteiger partial charge in [0.2, 0.25) is 0 Å². The predicted molar refractivity (Wildman–Crippen MR) is 81.9 cm³/mol.